The Hall–Kier alpha value is -0.620. The van der Waals surface area contributed by atoms with Gasteiger partial charge in [-0.15, -0.1) is 0 Å². The first-order chi connectivity index (χ1) is 11.7. The summed E-state index contributed by atoms with van der Waals surface area (Å²) in [6, 6.07) is 0. The fourth-order valence-electron chi connectivity index (χ4n) is 5.23. The summed E-state index contributed by atoms with van der Waals surface area (Å²) < 4.78 is 31.5. The fraction of sp³-hybridized carbons (Fsp3) is 0.895. The van der Waals surface area contributed by atoms with Crippen LogP contribution in [-0.2, 0) is 23.7 Å². The second kappa shape index (κ2) is 5.70. The Morgan fingerprint density at radius 3 is 2.00 bits per heavy atom. The molecule has 5 aliphatic rings. The summed E-state index contributed by atoms with van der Waals surface area (Å²) in [6.45, 7) is 0. The van der Waals surface area contributed by atoms with Gasteiger partial charge in [-0.2, -0.15) is 0 Å². The maximum Gasteiger partial charge on any atom is 0.170 e. The normalized spacial score (nSPS) is 42.6. The highest BCUT2D eigenvalue weighted by molar-refractivity contribution is 5.21. The lowest BCUT2D eigenvalue weighted by Crippen LogP contribution is -2.46. The van der Waals surface area contributed by atoms with E-state index in [1.54, 1.807) is 7.11 Å². The maximum absolute atomic E-state index is 6.53. The van der Waals surface area contributed by atoms with Crippen LogP contribution in [-0.4, -0.2) is 43.1 Å². The maximum atomic E-state index is 6.53. The summed E-state index contributed by atoms with van der Waals surface area (Å²) in [5.74, 6) is -0.00454. The predicted octanol–water partition coefficient (Wildman–Crippen LogP) is 3.42. The van der Waals surface area contributed by atoms with Gasteiger partial charge in [0.05, 0.1) is 7.11 Å². The summed E-state index contributed by atoms with van der Waals surface area (Å²) in [6.07, 6.45) is 12.8. The Morgan fingerprint density at radius 1 is 0.792 bits per heavy atom. The minimum absolute atomic E-state index is 0.0756. The lowest BCUT2D eigenvalue weighted by molar-refractivity contribution is -0.217. The van der Waals surface area contributed by atoms with Gasteiger partial charge < -0.3 is 23.7 Å². The lowest BCUT2D eigenvalue weighted by Gasteiger charge is -2.33. The zero-order chi connectivity index (χ0) is 16.2. The molecule has 5 heteroatoms. The molecule has 134 valence electrons. The summed E-state index contributed by atoms with van der Waals surface area (Å²) in [5.41, 5.74) is 0. The van der Waals surface area contributed by atoms with Gasteiger partial charge >= 0.3 is 0 Å². The zero-order valence-electron chi connectivity index (χ0n) is 14.5. The summed E-state index contributed by atoms with van der Waals surface area (Å²) >= 11 is 0. The van der Waals surface area contributed by atoms with Gasteiger partial charge in [0.15, 0.2) is 11.6 Å². The van der Waals surface area contributed by atoms with E-state index in [9.17, 15) is 0 Å². The molecular weight excluding hydrogens is 308 g/mol. The largest absolute Gasteiger partial charge is 0.498 e. The van der Waals surface area contributed by atoms with Crippen molar-refractivity contribution in [1.29, 1.82) is 0 Å². The highest BCUT2D eigenvalue weighted by Gasteiger charge is 2.61. The molecule has 0 bridgehead atoms. The van der Waals surface area contributed by atoms with Gasteiger partial charge in [-0.1, -0.05) is 12.8 Å². The molecule has 4 fully saturated rings. The van der Waals surface area contributed by atoms with Crippen molar-refractivity contribution in [2.75, 3.05) is 7.11 Å². The number of ether oxygens (including phenoxy) is 5. The molecule has 2 saturated heterocycles. The van der Waals surface area contributed by atoms with Crippen molar-refractivity contribution in [2.45, 2.75) is 100 Å². The predicted molar refractivity (Wildman–Crippen MR) is 86.2 cm³/mol. The minimum atomic E-state index is -0.439. The monoisotopic (exact) mass is 336 g/mol. The molecule has 2 saturated carbocycles. The van der Waals surface area contributed by atoms with Crippen LogP contribution in [0.5, 0.6) is 0 Å². The molecule has 24 heavy (non-hydrogen) atoms. The second-order valence-corrected chi connectivity index (χ2v) is 8.00. The van der Waals surface area contributed by atoms with E-state index in [-0.39, 0.29) is 24.4 Å². The molecule has 0 aromatic carbocycles. The van der Waals surface area contributed by atoms with Crippen LogP contribution in [0, 0.1) is 0 Å². The molecule has 2 heterocycles. The highest BCUT2D eigenvalue weighted by Crippen LogP contribution is 2.50. The van der Waals surface area contributed by atoms with Crippen LogP contribution in [0.25, 0.3) is 0 Å². The van der Waals surface area contributed by atoms with Gasteiger partial charge in [0.25, 0.3) is 0 Å². The number of hydrogen-bond acceptors (Lipinski definition) is 5. The van der Waals surface area contributed by atoms with Crippen molar-refractivity contribution in [1.82, 2.24) is 0 Å². The van der Waals surface area contributed by atoms with E-state index in [2.05, 4.69) is 6.08 Å². The fourth-order valence-corrected chi connectivity index (χ4v) is 5.23. The van der Waals surface area contributed by atoms with E-state index in [1.807, 2.05) is 0 Å². The quantitative estimate of drug-likeness (QED) is 0.734. The van der Waals surface area contributed by atoms with Crippen LogP contribution in [0.3, 0.4) is 0 Å². The summed E-state index contributed by atoms with van der Waals surface area (Å²) in [7, 11) is 1.71. The van der Waals surface area contributed by atoms with Gasteiger partial charge in [-0.3, -0.25) is 0 Å². The highest BCUT2D eigenvalue weighted by atomic mass is 16.8. The van der Waals surface area contributed by atoms with Crippen LogP contribution >= 0.6 is 0 Å². The molecule has 0 amide bonds. The Balaban J connectivity index is 1.43. The lowest BCUT2D eigenvalue weighted by atomic mass is 9.94. The topological polar surface area (TPSA) is 46.2 Å². The third kappa shape index (κ3) is 2.36. The van der Waals surface area contributed by atoms with Crippen molar-refractivity contribution in [2.24, 2.45) is 0 Å². The molecule has 4 atom stereocenters. The first kappa shape index (κ1) is 15.6. The van der Waals surface area contributed by atoms with E-state index in [0.29, 0.717) is 0 Å². The van der Waals surface area contributed by atoms with Crippen LogP contribution in [0.1, 0.15) is 64.2 Å². The van der Waals surface area contributed by atoms with E-state index >= 15 is 0 Å². The minimum Gasteiger partial charge on any atom is -0.498 e. The number of hydrogen-bond donors (Lipinski definition) is 0. The van der Waals surface area contributed by atoms with Crippen LogP contribution in [0.2, 0.25) is 0 Å². The van der Waals surface area contributed by atoms with Gasteiger partial charge in [-0.25, -0.2) is 0 Å². The molecule has 2 spiro atoms. The Bertz CT molecular complexity index is 518. The first-order valence-electron chi connectivity index (χ1n) is 9.70. The van der Waals surface area contributed by atoms with Crippen molar-refractivity contribution in [3.63, 3.8) is 0 Å². The Kier molecular flexibility index (Phi) is 3.71. The SMILES string of the molecule is COC1=C[C@H]2OC3(CCCCC3)O[C@H]2[C@@H]2OC3(CCCCC3)O[C@@H]12. The Morgan fingerprint density at radius 2 is 1.38 bits per heavy atom. The zero-order valence-corrected chi connectivity index (χ0v) is 14.5. The number of rotatable bonds is 1. The third-order valence-corrected chi connectivity index (χ3v) is 6.42. The van der Waals surface area contributed by atoms with Crippen molar-refractivity contribution >= 4 is 0 Å². The van der Waals surface area contributed by atoms with Crippen molar-refractivity contribution < 1.29 is 23.7 Å². The second-order valence-electron chi connectivity index (χ2n) is 8.00. The molecule has 5 nitrogen and oxygen atoms in total. The summed E-state index contributed by atoms with van der Waals surface area (Å²) in [5, 5.41) is 0. The van der Waals surface area contributed by atoms with E-state index in [4.69, 9.17) is 23.7 Å². The first-order valence-corrected chi connectivity index (χ1v) is 9.70. The average Bonchev–Trinajstić information content (AvgIpc) is 3.14. The van der Waals surface area contributed by atoms with Gasteiger partial charge in [0.2, 0.25) is 0 Å². The van der Waals surface area contributed by atoms with E-state index in [1.165, 1.54) is 38.5 Å². The van der Waals surface area contributed by atoms with Crippen molar-refractivity contribution in [3.05, 3.63) is 11.8 Å². The molecular formula is C19H28O5. The molecule has 0 aromatic heterocycles. The molecule has 0 unspecified atom stereocenters. The summed E-state index contributed by atoms with van der Waals surface area (Å²) in [4.78, 5) is 0. The molecule has 0 aromatic rings. The van der Waals surface area contributed by atoms with E-state index in [0.717, 1.165) is 31.4 Å². The molecule has 2 aliphatic heterocycles. The number of methoxy groups -OCH3 is 1. The van der Waals surface area contributed by atoms with Crippen LogP contribution < -0.4 is 0 Å². The van der Waals surface area contributed by atoms with Gasteiger partial charge in [0.1, 0.15) is 30.2 Å². The number of fused-ring (bicyclic) bond motifs is 3. The van der Waals surface area contributed by atoms with Crippen LogP contribution in [0.15, 0.2) is 11.8 Å². The molecule has 3 aliphatic carbocycles. The van der Waals surface area contributed by atoms with Crippen molar-refractivity contribution in [3.8, 4) is 0 Å². The molecule has 0 radical (unpaired) electrons. The van der Waals surface area contributed by atoms with Crippen LogP contribution in [0.4, 0.5) is 0 Å². The smallest absolute Gasteiger partial charge is 0.170 e. The Labute approximate surface area is 143 Å². The standard InChI is InChI=1S/C19H28O5/c1-20-13-12-14-16(23-18(21-14)8-4-2-5-9-18)17-15(13)22-19(24-17)10-6-3-7-11-19/h12,14-17H,2-11H2,1H3/t14-,15+,16-,17-/m1/s1. The van der Waals surface area contributed by atoms with E-state index < -0.39 is 11.6 Å². The van der Waals surface area contributed by atoms with Gasteiger partial charge in [0, 0.05) is 25.7 Å². The van der Waals surface area contributed by atoms with Gasteiger partial charge in [-0.05, 0) is 31.8 Å². The molecule has 0 N–H and O–H groups in total. The molecule has 5 rings (SSSR count). The average molecular weight is 336 g/mol. The third-order valence-electron chi connectivity index (χ3n) is 6.42.